The molecule has 3 rings (SSSR count). The van der Waals surface area contributed by atoms with Gasteiger partial charge in [0.25, 0.3) is 0 Å². The molecule has 0 bridgehead atoms. The van der Waals surface area contributed by atoms with E-state index in [1.165, 1.54) is 25.7 Å². The summed E-state index contributed by atoms with van der Waals surface area (Å²) in [6, 6.07) is -11.2. The number of nitrogens with two attached hydrogens (primary N) is 3. The number of carbonyl (C=O) groups excluding carboxylic acids is 15. The maximum Gasteiger partial charge on any atom is 0.303 e. The van der Waals surface area contributed by atoms with Crippen molar-refractivity contribution in [1.29, 1.82) is 0 Å². The molecule has 2 heterocycles. The number of aromatic nitrogens is 1. The van der Waals surface area contributed by atoms with Crippen LogP contribution in [0.2, 0.25) is 0 Å². The van der Waals surface area contributed by atoms with Crippen molar-refractivity contribution >= 4 is 117 Å². The van der Waals surface area contributed by atoms with Gasteiger partial charge in [-0.3, -0.25) is 86.5 Å². The molecule has 630 valence electrons. The molecule has 0 aliphatic carbocycles. The average molecular weight is 1590 g/mol. The van der Waals surface area contributed by atoms with Gasteiger partial charge in [-0.15, -0.1) is 0 Å². The highest BCUT2D eigenvalue weighted by atomic mass is 16.4. The summed E-state index contributed by atoms with van der Waals surface area (Å²) in [7, 11) is 0. The van der Waals surface area contributed by atoms with Crippen molar-refractivity contribution in [1.82, 2.24) is 79.0 Å². The maximum atomic E-state index is 14.8. The predicted octanol–water partition coefficient (Wildman–Crippen LogP) is -3.21. The smallest absolute Gasteiger partial charge is 0.303 e. The van der Waals surface area contributed by atoms with Gasteiger partial charge in [-0.05, 0) is 107 Å². The highest BCUT2D eigenvalue weighted by Crippen LogP contribution is 2.24. The van der Waals surface area contributed by atoms with Gasteiger partial charge in [-0.2, -0.15) is 0 Å². The van der Waals surface area contributed by atoms with Crippen molar-refractivity contribution in [3.05, 3.63) is 36.0 Å². The van der Waals surface area contributed by atoms with Crippen LogP contribution in [-0.2, 0) is 87.9 Å². The number of para-hydroxylation sites is 1. The van der Waals surface area contributed by atoms with Crippen LogP contribution >= 0.6 is 0 Å². The third-order valence-electron chi connectivity index (χ3n) is 19.2. The third-order valence-corrected chi connectivity index (χ3v) is 19.2. The molecule has 0 spiro atoms. The molecule has 1 saturated heterocycles. The van der Waals surface area contributed by atoms with E-state index >= 15 is 0 Å². The molecule has 23 N–H and O–H groups in total. The lowest BCUT2D eigenvalue weighted by atomic mass is 9.97. The van der Waals surface area contributed by atoms with E-state index in [1.807, 2.05) is 0 Å². The number of aliphatic hydroxyl groups is 1. The Hall–Kier alpha value is -11.0. The van der Waals surface area contributed by atoms with Crippen LogP contribution in [0.1, 0.15) is 173 Å². The zero-order valence-corrected chi connectivity index (χ0v) is 66.9. The SMILES string of the molecule is CC[C@H](C)[C@H](NC(=O)[C@H](CCC(=O)O)NC(C)=O)C(=O)N[C@@H](C)C(=O)N[C@@H](CCC(=O)O)C(=O)N[C@H](C(=O)N[C@@H](CC(C)C)C(=O)N[C@@H](C)C(=O)N[C@@H](CCCN=C(N)N)C(=O)N[C@@H](Cc1c[nH]c2ccccc12)C(=O)N[C@H](C(=O)NCC(=O)N[C@H](C(=O)N1CCC[C@H]1C(=O)N[C@H](C(N)=O)C(C)C)[C@@H](C)CC)[C@@H](C)O)C(C)C. The number of rotatable bonds is 48. The van der Waals surface area contributed by atoms with E-state index in [-0.39, 0.29) is 69.4 Å². The Kier molecular flexibility index (Phi) is 39.8. The number of nitrogens with zero attached hydrogens (tertiary/aromatic N) is 2. The summed E-state index contributed by atoms with van der Waals surface area (Å²) in [6.45, 7) is 20.9. The monoisotopic (exact) mass is 1590 g/mol. The van der Waals surface area contributed by atoms with E-state index in [9.17, 15) is 96.8 Å². The Bertz CT molecular complexity index is 3710. The summed E-state index contributed by atoms with van der Waals surface area (Å²) >= 11 is 0. The summed E-state index contributed by atoms with van der Waals surface area (Å²) < 4.78 is 0. The number of primary amides is 1. The highest BCUT2D eigenvalue weighted by molar-refractivity contribution is 6.01. The number of aliphatic hydroxyl groups excluding tert-OH is 1. The minimum Gasteiger partial charge on any atom is -0.481 e. The lowest BCUT2D eigenvalue weighted by Gasteiger charge is -2.32. The summed E-state index contributed by atoms with van der Waals surface area (Å²) in [6.07, 6.45) is -1.11. The van der Waals surface area contributed by atoms with E-state index in [4.69, 9.17) is 17.2 Å². The Morgan fingerprint density at radius 1 is 0.531 bits per heavy atom. The number of nitrogens with one attached hydrogen (secondary N) is 14. The van der Waals surface area contributed by atoms with Crippen LogP contribution in [0.15, 0.2) is 35.5 Å². The Labute approximate surface area is 656 Å². The van der Waals surface area contributed by atoms with Gasteiger partial charge in [0.15, 0.2) is 5.96 Å². The van der Waals surface area contributed by atoms with Crippen molar-refractivity contribution in [3.8, 4) is 0 Å². The summed E-state index contributed by atoms with van der Waals surface area (Å²) in [5, 5.41) is 63.4. The molecule has 39 heteroatoms. The maximum absolute atomic E-state index is 14.8. The number of aliphatic imine (C=N–C) groups is 1. The van der Waals surface area contributed by atoms with Crippen LogP contribution in [-0.4, -0.2) is 236 Å². The lowest BCUT2D eigenvalue weighted by molar-refractivity contribution is -0.143. The molecular formula is C74H119N19O20. The molecule has 0 radical (unpaired) electrons. The van der Waals surface area contributed by atoms with E-state index in [1.54, 1.807) is 99.7 Å². The van der Waals surface area contributed by atoms with Gasteiger partial charge in [-0.25, -0.2) is 0 Å². The van der Waals surface area contributed by atoms with Gasteiger partial charge in [0, 0.05) is 56.4 Å². The molecule has 0 saturated carbocycles. The topological polar surface area (TPSA) is 617 Å². The van der Waals surface area contributed by atoms with Crippen molar-refractivity contribution in [2.45, 2.75) is 259 Å². The minimum atomic E-state index is -1.79. The van der Waals surface area contributed by atoms with Crippen molar-refractivity contribution in [3.63, 3.8) is 0 Å². The Morgan fingerprint density at radius 2 is 1.01 bits per heavy atom. The van der Waals surface area contributed by atoms with Crippen LogP contribution in [0.25, 0.3) is 10.9 Å². The number of guanidine groups is 1. The molecular weight excluding hydrogens is 1470 g/mol. The largest absolute Gasteiger partial charge is 0.481 e. The molecule has 1 fully saturated rings. The van der Waals surface area contributed by atoms with Crippen LogP contribution in [0, 0.1) is 29.6 Å². The number of hydrogen-bond donors (Lipinski definition) is 20. The molecule has 2 aromatic rings. The fraction of sp³-hybridized carbons (Fsp3) is 0.649. The molecule has 113 heavy (non-hydrogen) atoms. The summed E-state index contributed by atoms with van der Waals surface area (Å²) in [4.78, 5) is 238. The molecule has 39 nitrogen and oxygen atoms in total. The van der Waals surface area contributed by atoms with E-state index in [2.05, 4.69) is 79.1 Å². The number of carboxylic acids is 2. The molecule has 1 aliphatic heterocycles. The first-order chi connectivity index (χ1) is 52.9. The number of amides is 15. The second-order valence-electron chi connectivity index (χ2n) is 29.8. The van der Waals surface area contributed by atoms with E-state index in [0.717, 1.165) is 6.92 Å². The molecule has 15 amide bonds. The van der Waals surface area contributed by atoms with Gasteiger partial charge in [0.2, 0.25) is 88.6 Å². The van der Waals surface area contributed by atoms with Crippen LogP contribution in [0.5, 0.6) is 0 Å². The zero-order chi connectivity index (χ0) is 85.4. The number of aromatic amines is 1. The number of benzene rings is 1. The van der Waals surface area contributed by atoms with Crippen LogP contribution in [0.3, 0.4) is 0 Å². The lowest BCUT2D eigenvalue weighted by Crippen LogP contribution is -2.61. The predicted molar refractivity (Wildman–Crippen MR) is 413 cm³/mol. The van der Waals surface area contributed by atoms with E-state index < -0.39 is 229 Å². The number of H-pyrrole nitrogens is 1. The zero-order valence-electron chi connectivity index (χ0n) is 66.9. The molecule has 1 aliphatic rings. The van der Waals surface area contributed by atoms with Gasteiger partial charge in [-0.1, -0.05) is 100 Å². The Balaban J connectivity index is 1.88. The van der Waals surface area contributed by atoms with Gasteiger partial charge >= 0.3 is 11.9 Å². The minimum absolute atomic E-state index is 0.0412. The van der Waals surface area contributed by atoms with E-state index in [0.29, 0.717) is 35.7 Å². The van der Waals surface area contributed by atoms with Gasteiger partial charge < -0.3 is 112 Å². The first kappa shape index (κ1) is 96.2. The average Bonchev–Trinajstić information content (AvgIpc) is 1.71. The van der Waals surface area contributed by atoms with Crippen LogP contribution < -0.4 is 86.3 Å². The summed E-state index contributed by atoms with van der Waals surface area (Å²) in [5.74, 6) is -18.4. The molecule has 0 unspecified atom stereocenters. The number of likely N-dealkylation sites (tertiary alicyclic amines) is 1. The van der Waals surface area contributed by atoms with Crippen LogP contribution in [0.4, 0.5) is 0 Å². The molecule has 1 aromatic carbocycles. The number of hydrogen-bond acceptors (Lipinski definition) is 19. The van der Waals surface area contributed by atoms with Crippen molar-refractivity contribution in [2.75, 3.05) is 19.6 Å². The quantitative estimate of drug-likeness (QED) is 0.0176. The first-order valence-corrected chi connectivity index (χ1v) is 38.1. The number of aliphatic carboxylic acids is 2. The second kappa shape index (κ2) is 46.7. The first-order valence-electron chi connectivity index (χ1n) is 38.1. The number of fused-ring (bicyclic) bond motifs is 1. The Morgan fingerprint density at radius 3 is 1.53 bits per heavy atom. The molecule has 1 aromatic heterocycles. The second-order valence-corrected chi connectivity index (χ2v) is 29.8. The van der Waals surface area contributed by atoms with Crippen molar-refractivity contribution in [2.24, 2.45) is 51.8 Å². The molecule has 16 atom stereocenters. The third kappa shape index (κ3) is 31.6. The number of carboxylic acid groups (broad SMARTS) is 2. The summed E-state index contributed by atoms with van der Waals surface area (Å²) in [5.41, 5.74) is 17.9. The van der Waals surface area contributed by atoms with Crippen molar-refractivity contribution < 1.29 is 96.8 Å². The standard InChI is InChI=1S/C74H119N19O20/c1-15-38(9)58(91-65(105)48(83-43(14)95)25-27-54(97)98)72(112)82-41(12)63(103)85-49(26-28-55(99)100)66(106)90-57(37(7)8)71(111)87-50(31-35(3)4)67(107)81-40(11)62(102)84-47(23-19-29-78-74(76)77)64(104)86-51(32-44-33-79-46-22-18-17-21-45(44)46)68(108)92-60(42(13)94)70(110)80-34-53(96)88-59(39(10)16-2)73(113)93-30-20-24-52(93)69(109)89-56(36(5)6)61(75)101/h17-18,21-22,33,35-42,47-52,56-60,79,94H,15-16,19-20,23-32,34H2,1-14H3,(H2,75,101)(H,80,110)(H,81,107)(H,82,112)(H,83,95)(H,84,102)(H,85,103)(H,86,104)(H,87,111)(H,88,96)(H,89,109)(H,90,106)(H,91,105)(H,92,108)(H,97,98)(H,99,100)(H4,76,77,78)/t38-,39-,40-,41-,42+,47-,48-,49-,50-,51-,52-,56-,57-,58-,59-,60-/m0/s1. The fourth-order valence-corrected chi connectivity index (χ4v) is 12.3. The highest BCUT2D eigenvalue weighted by Gasteiger charge is 2.42. The van der Waals surface area contributed by atoms with Gasteiger partial charge in [0.1, 0.15) is 78.5 Å². The normalized spacial score (nSPS) is 16.6. The fourth-order valence-electron chi connectivity index (χ4n) is 12.3. The van der Waals surface area contributed by atoms with Gasteiger partial charge in [0.05, 0.1) is 12.6 Å². The number of carbonyl (C=O) groups is 17.